The van der Waals surface area contributed by atoms with Crippen LogP contribution in [-0.4, -0.2) is 37.0 Å². The predicted octanol–water partition coefficient (Wildman–Crippen LogP) is 0.0572. The average Bonchev–Trinajstić information content (AvgIpc) is 2.77. The third-order valence-corrected chi connectivity index (χ3v) is 2.87. The van der Waals surface area contributed by atoms with Crippen LogP contribution in [0.2, 0.25) is 0 Å². The van der Waals surface area contributed by atoms with Crippen molar-refractivity contribution in [2.75, 3.05) is 20.2 Å². The van der Waals surface area contributed by atoms with Crippen molar-refractivity contribution >= 4 is 11.9 Å². The van der Waals surface area contributed by atoms with E-state index in [1.165, 1.54) is 4.90 Å². The van der Waals surface area contributed by atoms with E-state index in [4.69, 9.17) is 10.5 Å². The van der Waals surface area contributed by atoms with Crippen LogP contribution in [0.25, 0.3) is 0 Å². The fourth-order valence-corrected chi connectivity index (χ4v) is 1.90. The lowest BCUT2D eigenvalue weighted by Crippen LogP contribution is -2.30. The number of carbonyl (C=O) groups is 2. The molecule has 1 aliphatic rings. The molecule has 1 fully saturated rings. The Bertz CT molecular complexity index is 585. The molecule has 0 aliphatic carbocycles. The van der Waals surface area contributed by atoms with E-state index in [9.17, 15) is 9.59 Å². The van der Waals surface area contributed by atoms with Gasteiger partial charge in [-0.05, 0) is 17.7 Å². The first-order valence-electron chi connectivity index (χ1n) is 6.09. The lowest BCUT2D eigenvalue weighted by atomic mass is 10.1. The lowest BCUT2D eigenvalue weighted by Gasteiger charge is -2.13. The van der Waals surface area contributed by atoms with Crippen LogP contribution >= 0.6 is 0 Å². The maximum atomic E-state index is 11.5. The van der Waals surface area contributed by atoms with Gasteiger partial charge in [-0.1, -0.05) is 17.9 Å². The van der Waals surface area contributed by atoms with Crippen LogP contribution in [0, 0.1) is 11.8 Å². The first-order valence-corrected chi connectivity index (χ1v) is 6.09. The van der Waals surface area contributed by atoms with Crippen molar-refractivity contribution in [3.8, 4) is 17.6 Å². The van der Waals surface area contributed by atoms with Crippen molar-refractivity contribution in [3.63, 3.8) is 0 Å². The van der Waals surface area contributed by atoms with Gasteiger partial charge in [-0.2, -0.15) is 0 Å². The molecule has 1 aliphatic heterocycles. The molecule has 0 saturated carbocycles. The Hall–Kier alpha value is -2.52. The van der Waals surface area contributed by atoms with Crippen molar-refractivity contribution in [2.45, 2.75) is 6.54 Å². The Morgan fingerprint density at radius 1 is 1.45 bits per heavy atom. The molecule has 0 bridgehead atoms. The molecule has 0 radical (unpaired) electrons. The molecule has 6 heteroatoms. The number of nitrogens with zero attached hydrogens (tertiary/aromatic N) is 1. The zero-order valence-electron chi connectivity index (χ0n) is 11.1. The number of amides is 3. The topological polar surface area (TPSA) is 84.7 Å². The van der Waals surface area contributed by atoms with Crippen molar-refractivity contribution < 1.29 is 14.3 Å². The van der Waals surface area contributed by atoms with Gasteiger partial charge < -0.3 is 15.8 Å². The second kappa shape index (κ2) is 6.08. The number of imide groups is 1. The summed E-state index contributed by atoms with van der Waals surface area (Å²) < 4.78 is 5.21. The van der Waals surface area contributed by atoms with Crippen LogP contribution in [0.1, 0.15) is 11.1 Å². The Morgan fingerprint density at radius 2 is 2.25 bits per heavy atom. The molecule has 0 unspecified atom stereocenters. The van der Waals surface area contributed by atoms with Gasteiger partial charge in [0.1, 0.15) is 5.75 Å². The predicted molar refractivity (Wildman–Crippen MR) is 72.9 cm³/mol. The van der Waals surface area contributed by atoms with Gasteiger partial charge in [0.15, 0.2) is 0 Å². The van der Waals surface area contributed by atoms with Crippen LogP contribution in [0.15, 0.2) is 18.2 Å². The van der Waals surface area contributed by atoms with Gasteiger partial charge in [-0.25, -0.2) is 4.79 Å². The average molecular weight is 273 g/mol. The van der Waals surface area contributed by atoms with Crippen LogP contribution in [0.4, 0.5) is 4.79 Å². The summed E-state index contributed by atoms with van der Waals surface area (Å²) in [5.41, 5.74) is 6.84. The molecule has 20 heavy (non-hydrogen) atoms. The minimum Gasteiger partial charge on any atom is -0.495 e. The highest BCUT2D eigenvalue weighted by Gasteiger charge is 2.28. The number of methoxy groups -OCH3 is 1. The molecular weight excluding hydrogens is 258 g/mol. The first-order chi connectivity index (χ1) is 9.65. The van der Waals surface area contributed by atoms with Gasteiger partial charge in [-0.3, -0.25) is 9.69 Å². The van der Waals surface area contributed by atoms with Crippen molar-refractivity contribution in [1.82, 2.24) is 10.2 Å². The summed E-state index contributed by atoms with van der Waals surface area (Å²) in [4.78, 5) is 24.2. The van der Waals surface area contributed by atoms with Crippen LogP contribution in [0.3, 0.4) is 0 Å². The number of benzene rings is 1. The van der Waals surface area contributed by atoms with E-state index in [1.54, 1.807) is 25.3 Å². The summed E-state index contributed by atoms with van der Waals surface area (Å²) >= 11 is 0. The second-order valence-corrected chi connectivity index (χ2v) is 4.18. The SMILES string of the molecule is COc1ccc(CN2C(=O)CNC2=O)cc1C#CCN. The van der Waals surface area contributed by atoms with E-state index in [-0.39, 0.29) is 31.6 Å². The standard InChI is InChI=1S/C14H15N3O3/c1-20-12-5-4-10(7-11(12)3-2-6-15)9-17-13(18)8-16-14(17)19/h4-5,7H,6,8-9,15H2,1H3,(H,16,19). The summed E-state index contributed by atoms with van der Waals surface area (Å²) in [6.07, 6.45) is 0. The molecule has 104 valence electrons. The number of ether oxygens (including phenoxy) is 1. The normalized spacial score (nSPS) is 13.8. The summed E-state index contributed by atoms with van der Waals surface area (Å²) in [6.45, 7) is 0.515. The quantitative estimate of drug-likeness (QED) is 0.602. The molecule has 1 saturated heterocycles. The minimum absolute atomic E-state index is 0.0504. The Morgan fingerprint density at radius 3 is 2.85 bits per heavy atom. The van der Waals surface area contributed by atoms with E-state index in [0.717, 1.165) is 5.56 Å². The van der Waals surface area contributed by atoms with Crippen LogP contribution in [-0.2, 0) is 11.3 Å². The van der Waals surface area contributed by atoms with Gasteiger partial charge in [0, 0.05) is 0 Å². The van der Waals surface area contributed by atoms with E-state index < -0.39 is 0 Å². The highest BCUT2D eigenvalue weighted by atomic mass is 16.5. The van der Waals surface area contributed by atoms with Crippen LogP contribution in [0.5, 0.6) is 5.75 Å². The number of nitrogens with two attached hydrogens (primary N) is 1. The van der Waals surface area contributed by atoms with Gasteiger partial charge in [-0.15, -0.1) is 0 Å². The Labute approximate surface area is 116 Å². The Balaban J connectivity index is 2.24. The molecule has 6 nitrogen and oxygen atoms in total. The molecular formula is C14H15N3O3. The van der Waals surface area contributed by atoms with E-state index in [1.807, 2.05) is 0 Å². The highest BCUT2D eigenvalue weighted by Crippen LogP contribution is 2.20. The van der Waals surface area contributed by atoms with E-state index >= 15 is 0 Å². The third-order valence-electron chi connectivity index (χ3n) is 2.87. The van der Waals surface area contributed by atoms with Gasteiger partial charge in [0.05, 0.1) is 32.3 Å². The number of hydrogen-bond acceptors (Lipinski definition) is 4. The minimum atomic E-state index is -0.375. The highest BCUT2D eigenvalue weighted by molar-refractivity contribution is 6.01. The fraction of sp³-hybridized carbons (Fsp3) is 0.286. The first kappa shape index (κ1) is 13.9. The molecule has 0 spiro atoms. The maximum Gasteiger partial charge on any atom is 0.324 e. The third kappa shape index (κ3) is 2.90. The molecule has 3 amide bonds. The van der Waals surface area contributed by atoms with Gasteiger partial charge >= 0.3 is 6.03 Å². The number of urea groups is 1. The van der Waals surface area contributed by atoms with Crippen molar-refractivity contribution in [2.24, 2.45) is 5.73 Å². The number of nitrogens with one attached hydrogen (secondary N) is 1. The summed E-state index contributed by atoms with van der Waals surface area (Å²) in [5, 5.41) is 2.48. The van der Waals surface area contributed by atoms with E-state index in [0.29, 0.717) is 11.3 Å². The smallest absolute Gasteiger partial charge is 0.324 e. The number of carbonyl (C=O) groups excluding carboxylic acids is 2. The summed E-state index contributed by atoms with van der Waals surface area (Å²) in [7, 11) is 1.56. The van der Waals surface area contributed by atoms with Gasteiger partial charge in [0.25, 0.3) is 0 Å². The van der Waals surface area contributed by atoms with Crippen molar-refractivity contribution in [3.05, 3.63) is 29.3 Å². The largest absolute Gasteiger partial charge is 0.495 e. The van der Waals surface area contributed by atoms with Crippen LogP contribution < -0.4 is 15.8 Å². The molecule has 0 atom stereocenters. The maximum absolute atomic E-state index is 11.5. The fourth-order valence-electron chi connectivity index (χ4n) is 1.90. The zero-order chi connectivity index (χ0) is 14.5. The zero-order valence-corrected chi connectivity index (χ0v) is 11.1. The molecule has 0 aromatic heterocycles. The molecule has 1 aromatic carbocycles. The number of rotatable bonds is 3. The molecule has 1 heterocycles. The summed E-state index contributed by atoms with van der Waals surface area (Å²) in [6, 6.07) is 4.97. The molecule has 3 N–H and O–H groups in total. The van der Waals surface area contributed by atoms with Gasteiger partial charge in [0.2, 0.25) is 5.91 Å². The van der Waals surface area contributed by atoms with Crippen molar-refractivity contribution in [1.29, 1.82) is 0 Å². The second-order valence-electron chi connectivity index (χ2n) is 4.18. The van der Waals surface area contributed by atoms with E-state index in [2.05, 4.69) is 17.2 Å². The monoisotopic (exact) mass is 273 g/mol. The Kier molecular flexibility index (Phi) is 4.23. The molecule has 1 aromatic rings. The molecule has 2 rings (SSSR count). The lowest BCUT2D eigenvalue weighted by molar-refractivity contribution is -0.125. The summed E-state index contributed by atoms with van der Waals surface area (Å²) in [5.74, 6) is 6.06. The number of hydrogen-bond donors (Lipinski definition) is 2.